The molecule has 32 heavy (non-hydrogen) atoms. The summed E-state index contributed by atoms with van der Waals surface area (Å²) in [6.07, 6.45) is 13.2. The molecule has 0 amide bonds. The molecule has 174 valence electrons. The number of aromatic nitrogens is 2. The van der Waals surface area contributed by atoms with Crippen LogP contribution < -0.4 is 0 Å². The molecule has 0 unspecified atom stereocenters. The number of hydrogen-bond acceptors (Lipinski definition) is 4. The molecule has 1 aromatic heterocycles. The van der Waals surface area contributed by atoms with Crippen LogP contribution in [0.2, 0.25) is 0 Å². The van der Waals surface area contributed by atoms with E-state index in [4.69, 9.17) is 5.26 Å². The summed E-state index contributed by atoms with van der Waals surface area (Å²) in [5.74, 6) is 2.30. The monoisotopic (exact) mass is 437 g/mol. The Hall–Kier alpha value is -1.67. The van der Waals surface area contributed by atoms with E-state index in [0.29, 0.717) is 39.9 Å². The standard InChI is InChI=1S/C27H39N3O2/c1-24(32)9-11-26(3)19(13-24)5-6-21-20-7-8-22(25(20,2)10-12-27(21,26)4)23(31)17-30-16-18(14-28)15-29-30/h15-16,19-22,32H,5-13,17H2,1-4H3/t19-,20-,21-,22+,24+,25-,26-,27-/m0/s1. The van der Waals surface area contributed by atoms with Crippen LogP contribution in [0.4, 0.5) is 0 Å². The Morgan fingerprint density at radius 1 is 1.09 bits per heavy atom. The first-order valence-corrected chi connectivity index (χ1v) is 12.7. The average Bonchev–Trinajstić information content (AvgIpc) is 3.33. The van der Waals surface area contributed by atoms with Gasteiger partial charge in [0.1, 0.15) is 6.07 Å². The summed E-state index contributed by atoms with van der Waals surface area (Å²) >= 11 is 0. The van der Waals surface area contributed by atoms with E-state index >= 15 is 0 Å². The highest BCUT2D eigenvalue weighted by Gasteiger charge is 2.66. The molecule has 4 aliphatic rings. The van der Waals surface area contributed by atoms with Crippen molar-refractivity contribution in [2.24, 2.45) is 39.9 Å². The van der Waals surface area contributed by atoms with Gasteiger partial charge in [0.2, 0.25) is 0 Å². The summed E-state index contributed by atoms with van der Waals surface area (Å²) < 4.78 is 1.64. The highest BCUT2D eigenvalue weighted by atomic mass is 16.3. The smallest absolute Gasteiger partial charge is 0.157 e. The van der Waals surface area contributed by atoms with Gasteiger partial charge in [-0.3, -0.25) is 9.48 Å². The van der Waals surface area contributed by atoms with Crippen LogP contribution in [0.15, 0.2) is 12.4 Å². The van der Waals surface area contributed by atoms with E-state index in [9.17, 15) is 9.90 Å². The second-order valence-electron chi connectivity index (χ2n) is 12.7. The number of aliphatic hydroxyl groups is 1. The van der Waals surface area contributed by atoms with E-state index in [1.54, 1.807) is 17.1 Å². The molecular weight excluding hydrogens is 398 g/mol. The Labute approximate surface area is 192 Å². The Kier molecular flexibility index (Phi) is 4.95. The van der Waals surface area contributed by atoms with Crippen LogP contribution in [-0.2, 0) is 11.3 Å². The van der Waals surface area contributed by atoms with Crippen LogP contribution >= 0.6 is 0 Å². The third-order valence-electron chi connectivity index (χ3n) is 11.3. The van der Waals surface area contributed by atoms with Gasteiger partial charge in [-0.1, -0.05) is 20.8 Å². The zero-order valence-corrected chi connectivity index (χ0v) is 20.2. The van der Waals surface area contributed by atoms with Gasteiger partial charge in [-0.05, 0) is 98.7 Å². The second-order valence-corrected chi connectivity index (χ2v) is 12.7. The normalized spacial score (nSPS) is 47.8. The minimum absolute atomic E-state index is 0.0792. The average molecular weight is 438 g/mol. The number of rotatable bonds is 3. The number of nitriles is 1. The van der Waals surface area contributed by atoms with E-state index in [1.807, 2.05) is 6.92 Å². The Morgan fingerprint density at radius 2 is 1.81 bits per heavy atom. The molecule has 1 aromatic rings. The molecule has 4 saturated carbocycles. The van der Waals surface area contributed by atoms with Crippen LogP contribution in [0.1, 0.15) is 91.0 Å². The van der Waals surface area contributed by atoms with Crippen molar-refractivity contribution in [3.8, 4) is 6.07 Å². The lowest BCUT2D eigenvalue weighted by Gasteiger charge is -2.67. The van der Waals surface area contributed by atoms with Crippen molar-refractivity contribution in [3.05, 3.63) is 18.0 Å². The summed E-state index contributed by atoms with van der Waals surface area (Å²) in [6.45, 7) is 9.81. The van der Waals surface area contributed by atoms with Crippen LogP contribution in [0, 0.1) is 51.2 Å². The predicted molar refractivity (Wildman–Crippen MR) is 122 cm³/mol. The van der Waals surface area contributed by atoms with Crippen LogP contribution in [0.3, 0.4) is 0 Å². The van der Waals surface area contributed by atoms with Gasteiger partial charge in [0.05, 0.1) is 23.9 Å². The molecule has 0 spiro atoms. The quantitative estimate of drug-likeness (QED) is 0.711. The number of nitrogens with zero attached hydrogens (tertiary/aromatic N) is 3. The first-order chi connectivity index (χ1) is 15.0. The molecule has 1 N–H and O–H groups in total. The number of Topliss-reactive ketones (excluding diaryl/α,β-unsaturated/α-hetero) is 1. The van der Waals surface area contributed by atoms with Crippen molar-refractivity contribution in [1.82, 2.24) is 9.78 Å². The molecule has 0 saturated heterocycles. The lowest BCUT2D eigenvalue weighted by Crippen LogP contribution is -2.61. The molecule has 0 aliphatic heterocycles. The fourth-order valence-electron chi connectivity index (χ4n) is 9.12. The highest BCUT2D eigenvalue weighted by molar-refractivity contribution is 5.82. The summed E-state index contributed by atoms with van der Waals surface area (Å²) in [5, 5.41) is 24.0. The van der Waals surface area contributed by atoms with Gasteiger partial charge in [0, 0.05) is 12.1 Å². The minimum Gasteiger partial charge on any atom is -0.390 e. The molecule has 8 atom stereocenters. The van der Waals surface area contributed by atoms with E-state index in [-0.39, 0.29) is 17.9 Å². The van der Waals surface area contributed by atoms with Crippen molar-refractivity contribution in [2.75, 3.05) is 0 Å². The number of hydrogen-bond donors (Lipinski definition) is 1. The Morgan fingerprint density at radius 3 is 2.53 bits per heavy atom. The van der Waals surface area contributed by atoms with Crippen molar-refractivity contribution >= 4 is 5.78 Å². The lowest BCUT2D eigenvalue weighted by atomic mass is 9.38. The van der Waals surface area contributed by atoms with E-state index in [2.05, 4.69) is 31.9 Å². The third-order valence-corrected chi connectivity index (χ3v) is 11.3. The fourth-order valence-corrected chi connectivity index (χ4v) is 9.12. The molecule has 0 aromatic carbocycles. The van der Waals surface area contributed by atoms with Crippen LogP contribution in [-0.4, -0.2) is 26.3 Å². The van der Waals surface area contributed by atoms with Gasteiger partial charge in [0.15, 0.2) is 5.78 Å². The third kappa shape index (κ3) is 3.05. The molecule has 0 radical (unpaired) electrons. The lowest BCUT2D eigenvalue weighted by molar-refractivity contribution is -0.197. The van der Waals surface area contributed by atoms with Crippen molar-refractivity contribution in [3.63, 3.8) is 0 Å². The zero-order valence-electron chi connectivity index (χ0n) is 20.2. The first-order valence-electron chi connectivity index (χ1n) is 12.7. The van der Waals surface area contributed by atoms with Gasteiger partial charge >= 0.3 is 0 Å². The van der Waals surface area contributed by atoms with Gasteiger partial charge in [0.25, 0.3) is 0 Å². The number of carbonyl (C=O) groups excluding carboxylic acids is 1. The molecule has 5 nitrogen and oxygen atoms in total. The van der Waals surface area contributed by atoms with Crippen molar-refractivity contribution < 1.29 is 9.90 Å². The number of ketones is 1. The maximum Gasteiger partial charge on any atom is 0.157 e. The fraction of sp³-hybridized carbons (Fsp3) is 0.815. The number of carbonyl (C=O) groups is 1. The van der Waals surface area contributed by atoms with Gasteiger partial charge in [-0.2, -0.15) is 10.4 Å². The first kappa shape index (κ1) is 22.1. The molecular formula is C27H39N3O2. The van der Waals surface area contributed by atoms with Gasteiger partial charge < -0.3 is 5.11 Å². The van der Waals surface area contributed by atoms with Crippen molar-refractivity contribution in [1.29, 1.82) is 5.26 Å². The van der Waals surface area contributed by atoms with E-state index in [1.165, 1.54) is 19.3 Å². The summed E-state index contributed by atoms with van der Waals surface area (Å²) in [6, 6.07) is 2.10. The largest absolute Gasteiger partial charge is 0.390 e. The highest BCUT2D eigenvalue weighted by Crippen LogP contribution is 2.73. The molecule has 1 heterocycles. The second kappa shape index (κ2) is 7.16. The molecule has 0 bridgehead atoms. The Bertz CT molecular complexity index is 960. The molecule has 5 heteroatoms. The van der Waals surface area contributed by atoms with Crippen LogP contribution in [0.5, 0.6) is 0 Å². The van der Waals surface area contributed by atoms with E-state index in [0.717, 1.165) is 38.5 Å². The molecule has 4 aliphatic carbocycles. The maximum absolute atomic E-state index is 13.4. The van der Waals surface area contributed by atoms with Gasteiger partial charge in [-0.25, -0.2) is 0 Å². The van der Waals surface area contributed by atoms with E-state index < -0.39 is 5.60 Å². The topological polar surface area (TPSA) is 78.9 Å². The van der Waals surface area contributed by atoms with Gasteiger partial charge in [-0.15, -0.1) is 0 Å². The van der Waals surface area contributed by atoms with Crippen molar-refractivity contribution in [2.45, 2.75) is 97.6 Å². The maximum atomic E-state index is 13.4. The molecule has 4 fully saturated rings. The molecule has 5 rings (SSSR count). The Balaban J connectivity index is 1.38. The SMILES string of the molecule is C[C@@]1(O)CC[C@@]2(C)[C@@H](CC[C@H]3[C@@H]4CC[C@H](C(=O)Cn5cc(C#N)cn5)[C@@]4(C)CC[C@@]32C)C1. The number of fused-ring (bicyclic) bond motifs is 5. The minimum atomic E-state index is -0.501. The zero-order chi connectivity index (χ0) is 22.9. The summed E-state index contributed by atoms with van der Waals surface area (Å²) in [4.78, 5) is 13.4. The predicted octanol–water partition coefficient (Wildman–Crippen LogP) is 5.12. The van der Waals surface area contributed by atoms with Crippen LogP contribution in [0.25, 0.3) is 0 Å². The summed E-state index contributed by atoms with van der Waals surface area (Å²) in [5.41, 5.74) is 0.691. The summed E-state index contributed by atoms with van der Waals surface area (Å²) in [7, 11) is 0.